The number of aromatic nitrogens is 2. The van der Waals surface area contributed by atoms with Crippen molar-refractivity contribution >= 4 is 5.97 Å². The lowest BCUT2D eigenvalue weighted by molar-refractivity contribution is 0.0697. The molecular weight excluding hydrogens is 223 g/mol. The fraction of sp³-hybridized carbons (Fsp3) is 0.167. The molecule has 5 heteroatoms. The van der Waals surface area contributed by atoms with Crippen LogP contribution in [0.25, 0.3) is 5.69 Å². The van der Waals surface area contributed by atoms with E-state index in [1.54, 1.807) is 19.9 Å². The number of benzene rings is 1. The molecule has 0 atom stereocenters. The molecule has 1 aromatic heterocycles. The molecule has 1 aromatic carbocycles. The number of hydrogen-bond acceptors (Lipinski definition) is 2. The Morgan fingerprint density at radius 2 is 2.06 bits per heavy atom. The Hall–Kier alpha value is -2.17. The zero-order valence-corrected chi connectivity index (χ0v) is 9.44. The van der Waals surface area contributed by atoms with Gasteiger partial charge in [-0.25, -0.2) is 13.9 Å². The summed E-state index contributed by atoms with van der Waals surface area (Å²) in [5, 5.41) is 13.0. The highest BCUT2D eigenvalue weighted by atomic mass is 19.1. The average molecular weight is 234 g/mol. The summed E-state index contributed by atoms with van der Waals surface area (Å²) < 4.78 is 15.1. The van der Waals surface area contributed by atoms with Gasteiger partial charge >= 0.3 is 5.97 Å². The molecule has 1 heterocycles. The van der Waals surface area contributed by atoms with E-state index in [1.807, 2.05) is 0 Å². The third-order valence-electron chi connectivity index (χ3n) is 2.43. The molecule has 2 aromatic rings. The van der Waals surface area contributed by atoms with Crippen LogP contribution in [0.2, 0.25) is 0 Å². The van der Waals surface area contributed by atoms with Crippen molar-refractivity contribution in [3.05, 3.63) is 47.0 Å². The molecule has 4 nitrogen and oxygen atoms in total. The minimum atomic E-state index is -1.09. The quantitative estimate of drug-likeness (QED) is 0.867. The van der Waals surface area contributed by atoms with Gasteiger partial charge < -0.3 is 5.11 Å². The van der Waals surface area contributed by atoms with Gasteiger partial charge in [-0.1, -0.05) is 0 Å². The smallest absolute Gasteiger partial charge is 0.335 e. The number of halogens is 1. The zero-order chi connectivity index (χ0) is 12.6. The van der Waals surface area contributed by atoms with Gasteiger partial charge in [-0.05, 0) is 38.1 Å². The SMILES string of the molecule is Cc1cc(C)n(-c2cc(C(=O)O)ccc2F)n1. The van der Waals surface area contributed by atoms with Crippen molar-refractivity contribution in [2.75, 3.05) is 0 Å². The van der Waals surface area contributed by atoms with Crippen LogP contribution < -0.4 is 0 Å². The van der Waals surface area contributed by atoms with Crippen molar-refractivity contribution < 1.29 is 14.3 Å². The molecule has 0 fully saturated rings. The third kappa shape index (κ3) is 2.04. The number of rotatable bonds is 2. The summed E-state index contributed by atoms with van der Waals surface area (Å²) in [5.74, 6) is -1.59. The minimum Gasteiger partial charge on any atom is -0.478 e. The molecule has 0 saturated carbocycles. The number of hydrogen-bond donors (Lipinski definition) is 1. The largest absolute Gasteiger partial charge is 0.478 e. The van der Waals surface area contributed by atoms with Crippen molar-refractivity contribution in [1.82, 2.24) is 9.78 Å². The highest BCUT2D eigenvalue weighted by molar-refractivity contribution is 5.88. The number of carbonyl (C=O) groups is 1. The van der Waals surface area contributed by atoms with Crippen LogP contribution in [0, 0.1) is 19.7 Å². The van der Waals surface area contributed by atoms with Crippen LogP contribution in [-0.4, -0.2) is 20.9 Å². The molecule has 0 saturated heterocycles. The Kier molecular flexibility index (Phi) is 2.67. The van der Waals surface area contributed by atoms with Gasteiger partial charge in [-0.3, -0.25) is 0 Å². The summed E-state index contributed by atoms with van der Waals surface area (Å²) in [6.07, 6.45) is 0. The topological polar surface area (TPSA) is 55.1 Å². The predicted molar refractivity (Wildman–Crippen MR) is 60.0 cm³/mol. The van der Waals surface area contributed by atoms with Gasteiger partial charge in [-0.2, -0.15) is 5.10 Å². The lowest BCUT2D eigenvalue weighted by Gasteiger charge is -2.06. The van der Waals surface area contributed by atoms with Gasteiger partial charge in [0.15, 0.2) is 0 Å². The number of aromatic carboxylic acids is 1. The van der Waals surface area contributed by atoms with E-state index < -0.39 is 11.8 Å². The van der Waals surface area contributed by atoms with Crippen LogP contribution in [0.3, 0.4) is 0 Å². The van der Waals surface area contributed by atoms with Gasteiger partial charge in [0.25, 0.3) is 0 Å². The lowest BCUT2D eigenvalue weighted by Crippen LogP contribution is -2.05. The molecule has 0 radical (unpaired) electrons. The van der Waals surface area contributed by atoms with E-state index in [0.717, 1.165) is 17.5 Å². The Balaban J connectivity index is 2.62. The monoisotopic (exact) mass is 234 g/mol. The van der Waals surface area contributed by atoms with Crippen molar-refractivity contribution in [3.63, 3.8) is 0 Å². The Morgan fingerprint density at radius 1 is 1.35 bits per heavy atom. The van der Waals surface area contributed by atoms with Crippen LogP contribution in [0.1, 0.15) is 21.7 Å². The van der Waals surface area contributed by atoms with E-state index in [0.29, 0.717) is 0 Å². The van der Waals surface area contributed by atoms with E-state index >= 15 is 0 Å². The second kappa shape index (κ2) is 4.01. The van der Waals surface area contributed by atoms with Crippen molar-refractivity contribution in [3.8, 4) is 5.69 Å². The molecule has 88 valence electrons. The molecule has 0 aliphatic heterocycles. The van der Waals surface area contributed by atoms with E-state index in [1.165, 1.54) is 16.8 Å². The average Bonchev–Trinajstić information content (AvgIpc) is 2.58. The van der Waals surface area contributed by atoms with Gasteiger partial charge in [0.05, 0.1) is 11.3 Å². The second-order valence-electron chi connectivity index (χ2n) is 3.81. The molecule has 1 N–H and O–H groups in total. The van der Waals surface area contributed by atoms with Crippen LogP contribution in [0.5, 0.6) is 0 Å². The fourth-order valence-electron chi connectivity index (χ4n) is 1.68. The first kappa shape index (κ1) is 11.3. The highest BCUT2D eigenvalue weighted by Gasteiger charge is 2.12. The molecule has 17 heavy (non-hydrogen) atoms. The molecule has 0 unspecified atom stereocenters. The molecule has 0 spiro atoms. The fourth-order valence-corrected chi connectivity index (χ4v) is 1.68. The standard InChI is InChI=1S/C12H11FN2O2/c1-7-5-8(2)15(14-7)11-6-9(12(16)17)3-4-10(11)13/h3-6H,1-2H3,(H,16,17). The molecule has 0 bridgehead atoms. The van der Waals surface area contributed by atoms with E-state index in [9.17, 15) is 9.18 Å². The first-order valence-electron chi connectivity index (χ1n) is 5.05. The molecule has 0 aliphatic rings. The summed E-state index contributed by atoms with van der Waals surface area (Å²) in [5.41, 5.74) is 1.69. The first-order valence-corrected chi connectivity index (χ1v) is 5.05. The molecular formula is C12H11FN2O2. The number of carboxylic acids is 1. The second-order valence-corrected chi connectivity index (χ2v) is 3.81. The lowest BCUT2D eigenvalue weighted by atomic mass is 10.2. The molecule has 0 aliphatic carbocycles. The predicted octanol–water partition coefficient (Wildman–Crippen LogP) is 2.33. The zero-order valence-electron chi connectivity index (χ0n) is 9.44. The Morgan fingerprint density at radius 3 is 2.59 bits per heavy atom. The van der Waals surface area contributed by atoms with Gasteiger partial charge in [0.2, 0.25) is 0 Å². The maximum atomic E-state index is 13.7. The van der Waals surface area contributed by atoms with E-state index in [-0.39, 0.29) is 11.3 Å². The summed E-state index contributed by atoms with van der Waals surface area (Å²) >= 11 is 0. The highest BCUT2D eigenvalue weighted by Crippen LogP contribution is 2.17. The third-order valence-corrected chi connectivity index (χ3v) is 2.43. The minimum absolute atomic E-state index is 0.0361. The van der Waals surface area contributed by atoms with Crippen molar-refractivity contribution in [2.24, 2.45) is 0 Å². The van der Waals surface area contributed by atoms with Crippen molar-refractivity contribution in [1.29, 1.82) is 0 Å². The number of nitrogens with zero attached hydrogens (tertiary/aromatic N) is 2. The maximum Gasteiger partial charge on any atom is 0.335 e. The summed E-state index contributed by atoms with van der Waals surface area (Å²) in [6, 6.07) is 5.44. The normalized spacial score (nSPS) is 10.5. The van der Waals surface area contributed by atoms with Gasteiger partial charge in [-0.15, -0.1) is 0 Å². The van der Waals surface area contributed by atoms with Crippen LogP contribution in [0.4, 0.5) is 4.39 Å². The first-order chi connectivity index (χ1) is 7.99. The van der Waals surface area contributed by atoms with Crippen LogP contribution in [-0.2, 0) is 0 Å². The Labute approximate surface area is 97.3 Å². The van der Waals surface area contributed by atoms with E-state index in [4.69, 9.17) is 5.11 Å². The van der Waals surface area contributed by atoms with Gasteiger partial charge in [0.1, 0.15) is 11.5 Å². The summed E-state index contributed by atoms with van der Waals surface area (Å²) in [4.78, 5) is 10.8. The molecule has 0 amide bonds. The van der Waals surface area contributed by atoms with Crippen LogP contribution >= 0.6 is 0 Å². The Bertz CT molecular complexity index is 590. The molecule has 2 rings (SSSR count). The van der Waals surface area contributed by atoms with E-state index in [2.05, 4.69) is 5.10 Å². The maximum absolute atomic E-state index is 13.7. The number of aryl methyl sites for hydroxylation is 2. The van der Waals surface area contributed by atoms with Crippen molar-refractivity contribution in [2.45, 2.75) is 13.8 Å². The van der Waals surface area contributed by atoms with Gasteiger partial charge in [0, 0.05) is 5.69 Å². The van der Waals surface area contributed by atoms with Crippen LogP contribution in [0.15, 0.2) is 24.3 Å². The number of carboxylic acid groups (broad SMARTS) is 1. The summed E-state index contributed by atoms with van der Waals surface area (Å²) in [7, 11) is 0. The summed E-state index contributed by atoms with van der Waals surface area (Å²) in [6.45, 7) is 3.58.